The molecule has 0 amide bonds. The Morgan fingerprint density at radius 1 is 0.897 bits per heavy atom. The van der Waals surface area contributed by atoms with Gasteiger partial charge >= 0.3 is 11.9 Å². The molecule has 7 nitrogen and oxygen atoms in total. The van der Waals surface area contributed by atoms with Crippen LogP contribution < -0.4 is 20.0 Å². The van der Waals surface area contributed by atoms with Crippen molar-refractivity contribution in [3.8, 4) is 5.75 Å². The number of carbonyl (C=O) groups is 2. The molecule has 9 heteroatoms. The Bertz CT molecular complexity index is 2040. The third kappa shape index (κ3) is 8.61. The van der Waals surface area contributed by atoms with Crippen molar-refractivity contribution in [1.82, 2.24) is 0 Å². The molecule has 0 aromatic heterocycles. The molecule has 308 valence electrons. The molecular weight excluding hydrogens is 762 g/mol. The summed E-state index contributed by atoms with van der Waals surface area (Å²) in [6.07, 6.45) is 5.12. The predicted octanol–water partition coefficient (Wildman–Crippen LogP) is 9.40. The van der Waals surface area contributed by atoms with Gasteiger partial charge in [-0.3, -0.25) is 9.59 Å². The van der Waals surface area contributed by atoms with Gasteiger partial charge in [0, 0.05) is 30.1 Å². The van der Waals surface area contributed by atoms with Crippen LogP contribution in [-0.4, -0.2) is 59.3 Å². The Balaban J connectivity index is 1.23. The summed E-state index contributed by atoms with van der Waals surface area (Å²) in [6, 6.07) is 34.0. The van der Waals surface area contributed by atoms with E-state index >= 15 is 0 Å². The lowest BCUT2D eigenvalue weighted by molar-refractivity contribution is -0.158. The zero-order valence-corrected chi connectivity index (χ0v) is 37.1. The molecule has 0 radical (unpaired) electrons. The molecule has 4 aromatic carbocycles. The first kappa shape index (κ1) is 42.0. The van der Waals surface area contributed by atoms with Crippen molar-refractivity contribution < 1.29 is 28.2 Å². The molecule has 4 atom stereocenters. The highest BCUT2D eigenvalue weighted by Gasteiger charge is 2.51. The molecule has 0 N–H and O–H groups in total. The Kier molecular flexibility index (Phi) is 12.2. The quantitative estimate of drug-likeness (QED) is 0.110. The number of aryl methyl sites for hydroxylation is 1. The summed E-state index contributed by atoms with van der Waals surface area (Å²) in [5.41, 5.74) is 3.31. The first-order valence-electron chi connectivity index (χ1n) is 21.0. The van der Waals surface area contributed by atoms with Gasteiger partial charge in [0.15, 0.2) is 0 Å². The zero-order valence-electron chi connectivity index (χ0n) is 35.3. The molecule has 1 saturated carbocycles. The average Bonchev–Trinajstić information content (AvgIpc) is 3.33. The summed E-state index contributed by atoms with van der Waals surface area (Å²) in [5, 5.41) is 3.23. The summed E-state index contributed by atoms with van der Waals surface area (Å²) in [6.45, 7) is 15.3. The number of ether oxygens (including phenoxy) is 3. The predicted molar refractivity (Wildman–Crippen MR) is 235 cm³/mol. The van der Waals surface area contributed by atoms with E-state index in [9.17, 15) is 9.59 Å². The number of methoxy groups -OCH3 is 1. The molecular formula is C49H60ClNO6Si. The molecule has 1 heterocycles. The molecule has 1 aliphatic heterocycles. The Morgan fingerprint density at radius 2 is 1.57 bits per heavy atom. The van der Waals surface area contributed by atoms with Crippen LogP contribution in [0.25, 0.3) is 0 Å². The number of fused-ring (bicyclic) bond motifs is 3. The minimum absolute atomic E-state index is 0.106. The molecule has 1 spiro atoms. The van der Waals surface area contributed by atoms with Crippen molar-refractivity contribution in [3.63, 3.8) is 0 Å². The molecule has 58 heavy (non-hydrogen) atoms. The highest BCUT2D eigenvalue weighted by atomic mass is 35.5. The maximum absolute atomic E-state index is 13.3. The van der Waals surface area contributed by atoms with Gasteiger partial charge in [-0.25, -0.2) is 0 Å². The lowest BCUT2D eigenvalue weighted by Gasteiger charge is -2.47. The van der Waals surface area contributed by atoms with E-state index in [1.807, 2.05) is 39.0 Å². The summed E-state index contributed by atoms with van der Waals surface area (Å²) in [5.74, 6) is -0.196. The van der Waals surface area contributed by atoms with E-state index in [0.717, 1.165) is 61.7 Å². The molecule has 7 rings (SSSR count). The van der Waals surface area contributed by atoms with Crippen LogP contribution in [0.5, 0.6) is 5.75 Å². The maximum Gasteiger partial charge on any atom is 0.313 e. The molecule has 0 saturated heterocycles. The summed E-state index contributed by atoms with van der Waals surface area (Å²) >= 11 is 6.55. The lowest BCUT2D eigenvalue weighted by atomic mass is 9.69. The number of benzene rings is 4. The number of halogens is 1. The van der Waals surface area contributed by atoms with Gasteiger partial charge in [0.1, 0.15) is 11.4 Å². The van der Waals surface area contributed by atoms with Gasteiger partial charge in [-0.15, -0.1) is 0 Å². The van der Waals surface area contributed by atoms with Crippen molar-refractivity contribution in [3.05, 3.63) is 119 Å². The second-order valence-corrected chi connectivity index (χ2v) is 23.5. The van der Waals surface area contributed by atoms with Crippen LogP contribution in [0, 0.1) is 11.8 Å². The number of anilines is 1. The van der Waals surface area contributed by atoms with Gasteiger partial charge in [0.2, 0.25) is 0 Å². The summed E-state index contributed by atoms with van der Waals surface area (Å²) < 4.78 is 25.2. The van der Waals surface area contributed by atoms with Crippen LogP contribution >= 0.6 is 11.6 Å². The maximum atomic E-state index is 13.3. The average molecular weight is 823 g/mol. The fourth-order valence-electron chi connectivity index (χ4n) is 9.75. The summed E-state index contributed by atoms with van der Waals surface area (Å²) in [4.78, 5) is 29.0. The van der Waals surface area contributed by atoms with Crippen molar-refractivity contribution in [2.24, 2.45) is 11.8 Å². The fraction of sp³-hybridized carbons (Fsp3) is 0.469. The van der Waals surface area contributed by atoms with E-state index in [1.165, 1.54) is 28.6 Å². The van der Waals surface area contributed by atoms with E-state index in [-0.39, 0.29) is 16.9 Å². The van der Waals surface area contributed by atoms with E-state index < -0.39 is 31.8 Å². The number of nitrogens with zero attached hydrogens (tertiary/aromatic N) is 1. The molecule has 2 aliphatic carbocycles. The van der Waals surface area contributed by atoms with Crippen molar-refractivity contribution in [2.45, 2.75) is 102 Å². The van der Waals surface area contributed by atoms with E-state index in [0.29, 0.717) is 30.6 Å². The monoisotopic (exact) mass is 821 g/mol. The minimum atomic E-state index is -2.71. The Labute approximate surface area is 351 Å². The Hall–Kier alpha value is -4.11. The third-order valence-electron chi connectivity index (χ3n) is 12.7. The first-order valence-corrected chi connectivity index (χ1v) is 23.3. The zero-order chi connectivity index (χ0) is 41.3. The number of hydrogen-bond donors (Lipinski definition) is 0. The second-order valence-electron chi connectivity index (χ2n) is 18.8. The first-order chi connectivity index (χ1) is 27.6. The topological polar surface area (TPSA) is 74.3 Å². The van der Waals surface area contributed by atoms with Crippen LogP contribution in [0.3, 0.4) is 0 Å². The third-order valence-corrected chi connectivity index (χ3v) is 17.9. The van der Waals surface area contributed by atoms with Crippen molar-refractivity contribution in [2.75, 3.05) is 38.3 Å². The minimum Gasteiger partial charge on any atom is -0.490 e. The van der Waals surface area contributed by atoms with Crippen molar-refractivity contribution >= 4 is 47.9 Å². The van der Waals surface area contributed by atoms with Crippen LogP contribution in [0.4, 0.5) is 5.69 Å². The fourth-order valence-corrected chi connectivity index (χ4v) is 14.6. The van der Waals surface area contributed by atoms with Gasteiger partial charge in [-0.05, 0) is 121 Å². The van der Waals surface area contributed by atoms with Crippen LogP contribution in [0.1, 0.15) is 96.3 Å². The number of hydrogen-bond acceptors (Lipinski definition) is 7. The standard InChI is InChI=1S/C49H60ClNO6Si/c1-47(2,3)57-45(52)29-41(46(53)54-7)34-22-25-44-43(28-34)51(32-49(33-55-44)26-14-15-35-27-38(50)23-24-42(35)49)30-36-20-21-37(36)31-56-58(48(4,5)6,39-16-10-8-11-17-39)40-18-12-9-13-19-40/h8-13,16-19,22-25,27-28,36-37,41H,14-15,20-21,26,29-33H2,1-7H3/t36-,37-,41+,49-/m0/s1. The normalized spacial score (nSPS) is 21.1. The van der Waals surface area contributed by atoms with E-state index in [2.05, 4.69) is 105 Å². The van der Waals surface area contributed by atoms with Crippen LogP contribution in [0.15, 0.2) is 97.1 Å². The van der Waals surface area contributed by atoms with Crippen molar-refractivity contribution in [1.29, 1.82) is 0 Å². The molecule has 0 unspecified atom stereocenters. The lowest BCUT2D eigenvalue weighted by Crippen LogP contribution is -2.67. The smallest absolute Gasteiger partial charge is 0.313 e. The van der Waals surface area contributed by atoms with Gasteiger partial charge in [-0.2, -0.15) is 0 Å². The number of esters is 2. The van der Waals surface area contributed by atoms with Gasteiger partial charge in [0.25, 0.3) is 8.32 Å². The SMILES string of the molecule is COC(=O)[C@H](CC(=O)OC(C)(C)C)c1ccc2c(c1)N(C[C@@H]1CC[C@H]1CO[Si](c1ccccc1)(c1ccccc1)C(C)(C)C)C[C@@]1(CCCc3cc(Cl)ccc31)CO2. The largest absolute Gasteiger partial charge is 0.490 e. The van der Waals surface area contributed by atoms with Gasteiger partial charge in [-0.1, -0.05) is 105 Å². The van der Waals surface area contributed by atoms with E-state index in [4.69, 9.17) is 30.2 Å². The van der Waals surface area contributed by atoms with Crippen LogP contribution in [0.2, 0.25) is 10.1 Å². The number of rotatable bonds is 11. The molecule has 0 bridgehead atoms. The van der Waals surface area contributed by atoms with Crippen LogP contribution in [-0.2, 0) is 35.3 Å². The Morgan fingerprint density at radius 3 is 2.17 bits per heavy atom. The second kappa shape index (κ2) is 16.9. The number of carbonyl (C=O) groups excluding carboxylic acids is 2. The summed E-state index contributed by atoms with van der Waals surface area (Å²) in [7, 11) is -1.34. The molecule has 3 aliphatic rings. The molecule has 4 aromatic rings. The highest BCUT2D eigenvalue weighted by molar-refractivity contribution is 6.99. The highest BCUT2D eigenvalue weighted by Crippen LogP contribution is 2.47. The molecule has 1 fully saturated rings. The van der Waals surface area contributed by atoms with Gasteiger partial charge in [0.05, 0.1) is 31.7 Å². The van der Waals surface area contributed by atoms with E-state index in [1.54, 1.807) is 0 Å². The van der Waals surface area contributed by atoms with Gasteiger partial charge < -0.3 is 23.5 Å².